The average molecular weight is 380 g/mol. The highest BCUT2D eigenvalue weighted by Gasteiger charge is 2.35. The molecule has 2 aromatic rings. The zero-order valence-electron chi connectivity index (χ0n) is 15.6. The standard InChI is InChI=1S/C20H20N4O4/c1-3-22-20(26)24-19(25)11(2)14-8-16-17(28-10-27-16)9-15(14)18(23-24)12-4-6-13(21)7-5-12/h4-9,11H,3,10,21H2,1-2H3,(H,22,26)/t11-/m0/s1. The number of hydrogen-bond donors (Lipinski definition) is 2. The van der Waals surface area contributed by atoms with Crippen LogP contribution in [-0.2, 0) is 4.79 Å². The molecular weight excluding hydrogens is 360 g/mol. The van der Waals surface area contributed by atoms with E-state index in [1.54, 1.807) is 50.2 Å². The average Bonchev–Trinajstić information content (AvgIpc) is 3.11. The lowest BCUT2D eigenvalue weighted by Crippen LogP contribution is -2.41. The number of nitrogen functional groups attached to an aromatic ring is 1. The highest BCUT2D eigenvalue weighted by Crippen LogP contribution is 2.40. The van der Waals surface area contributed by atoms with Gasteiger partial charge in [0.2, 0.25) is 6.79 Å². The van der Waals surface area contributed by atoms with E-state index in [4.69, 9.17) is 15.2 Å². The second-order valence-electron chi connectivity index (χ2n) is 6.57. The first kappa shape index (κ1) is 17.8. The van der Waals surface area contributed by atoms with Gasteiger partial charge in [-0.05, 0) is 43.7 Å². The van der Waals surface area contributed by atoms with E-state index in [1.807, 2.05) is 0 Å². The summed E-state index contributed by atoms with van der Waals surface area (Å²) in [5.41, 5.74) is 9.05. The van der Waals surface area contributed by atoms with Crippen molar-refractivity contribution in [1.82, 2.24) is 10.3 Å². The number of ether oxygens (including phenoxy) is 2. The number of rotatable bonds is 2. The maximum absolute atomic E-state index is 13.0. The monoisotopic (exact) mass is 380 g/mol. The molecule has 2 heterocycles. The molecule has 2 aromatic carbocycles. The summed E-state index contributed by atoms with van der Waals surface area (Å²) in [6.45, 7) is 4.03. The smallest absolute Gasteiger partial charge is 0.345 e. The Kier molecular flexibility index (Phi) is 4.38. The Morgan fingerprint density at radius 3 is 2.61 bits per heavy atom. The molecule has 0 saturated carbocycles. The lowest BCUT2D eigenvalue weighted by molar-refractivity contribution is -0.129. The summed E-state index contributed by atoms with van der Waals surface area (Å²) in [7, 11) is 0. The molecule has 1 atom stereocenters. The van der Waals surface area contributed by atoms with Crippen molar-refractivity contribution in [2.45, 2.75) is 19.8 Å². The molecule has 8 nitrogen and oxygen atoms in total. The van der Waals surface area contributed by atoms with Crippen molar-refractivity contribution in [1.29, 1.82) is 0 Å². The van der Waals surface area contributed by atoms with E-state index < -0.39 is 17.9 Å². The van der Waals surface area contributed by atoms with E-state index in [0.29, 0.717) is 35.0 Å². The van der Waals surface area contributed by atoms with Crippen molar-refractivity contribution >= 4 is 23.3 Å². The van der Waals surface area contributed by atoms with Crippen molar-refractivity contribution < 1.29 is 19.1 Å². The third kappa shape index (κ3) is 2.92. The molecule has 0 radical (unpaired) electrons. The lowest BCUT2D eigenvalue weighted by atomic mass is 9.90. The van der Waals surface area contributed by atoms with Gasteiger partial charge in [0, 0.05) is 23.4 Å². The Hall–Kier alpha value is -3.55. The minimum absolute atomic E-state index is 0.125. The zero-order valence-corrected chi connectivity index (χ0v) is 15.6. The van der Waals surface area contributed by atoms with Crippen LogP contribution in [0.25, 0.3) is 0 Å². The quantitative estimate of drug-likeness (QED) is 0.779. The number of hydrogen-bond acceptors (Lipinski definition) is 6. The van der Waals surface area contributed by atoms with E-state index in [9.17, 15) is 9.59 Å². The maximum atomic E-state index is 13.0. The molecule has 0 bridgehead atoms. The number of urea groups is 1. The van der Waals surface area contributed by atoms with Gasteiger partial charge in [0.25, 0.3) is 5.91 Å². The molecule has 0 aliphatic carbocycles. The maximum Gasteiger partial charge on any atom is 0.345 e. The fraction of sp³-hybridized carbons (Fsp3) is 0.250. The number of fused-ring (bicyclic) bond motifs is 2. The van der Waals surface area contributed by atoms with Gasteiger partial charge in [-0.25, -0.2) is 4.79 Å². The van der Waals surface area contributed by atoms with Gasteiger partial charge in [0.1, 0.15) is 0 Å². The summed E-state index contributed by atoms with van der Waals surface area (Å²) in [6, 6.07) is 10.1. The van der Waals surface area contributed by atoms with Gasteiger partial charge in [-0.15, -0.1) is 5.01 Å². The van der Waals surface area contributed by atoms with Gasteiger partial charge in [-0.3, -0.25) is 4.79 Å². The number of amides is 3. The third-order valence-electron chi connectivity index (χ3n) is 4.75. The van der Waals surface area contributed by atoms with Gasteiger partial charge in [-0.2, -0.15) is 5.10 Å². The Balaban J connectivity index is 1.93. The molecule has 144 valence electrons. The molecule has 0 spiro atoms. The minimum atomic E-state index is -0.595. The van der Waals surface area contributed by atoms with Gasteiger partial charge >= 0.3 is 6.03 Å². The van der Waals surface area contributed by atoms with E-state index in [-0.39, 0.29) is 6.79 Å². The van der Waals surface area contributed by atoms with Crippen molar-refractivity contribution in [3.05, 3.63) is 53.1 Å². The summed E-state index contributed by atoms with van der Waals surface area (Å²) in [6.07, 6.45) is 0. The number of benzene rings is 2. The first-order valence-corrected chi connectivity index (χ1v) is 8.99. The van der Waals surface area contributed by atoms with E-state index in [2.05, 4.69) is 10.4 Å². The number of nitrogens with two attached hydrogens (primary N) is 1. The highest BCUT2D eigenvalue weighted by atomic mass is 16.7. The van der Waals surface area contributed by atoms with E-state index in [0.717, 1.165) is 16.1 Å². The molecule has 0 saturated heterocycles. The van der Waals surface area contributed by atoms with Crippen molar-refractivity contribution in [3.8, 4) is 11.5 Å². The molecule has 2 aliphatic rings. The van der Waals surface area contributed by atoms with Gasteiger partial charge in [0.05, 0.1) is 11.6 Å². The highest BCUT2D eigenvalue weighted by molar-refractivity contribution is 6.17. The van der Waals surface area contributed by atoms with E-state index >= 15 is 0 Å². The number of carbonyl (C=O) groups excluding carboxylic acids is 2. The van der Waals surface area contributed by atoms with Gasteiger partial charge < -0.3 is 20.5 Å². The molecule has 8 heteroatoms. The second-order valence-corrected chi connectivity index (χ2v) is 6.57. The summed E-state index contributed by atoms with van der Waals surface area (Å²) in [5.74, 6) is 0.133. The molecule has 3 N–H and O–H groups in total. The fourth-order valence-electron chi connectivity index (χ4n) is 3.27. The fourth-order valence-corrected chi connectivity index (χ4v) is 3.27. The summed E-state index contributed by atoms with van der Waals surface area (Å²) in [4.78, 5) is 25.5. The van der Waals surface area contributed by atoms with Gasteiger partial charge in [0.15, 0.2) is 11.5 Å². The zero-order chi connectivity index (χ0) is 19.8. The van der Waals surface area contributed by atoms with Gasteiger partial charge in [-0.1, -0.05) is 12.1 Å². The van der Waals surface area contributed by atoms with Crippen LogP contribution in [0.1, 0.15) is 36.5 Å². The van der Waals surface area contributed by atoms with Crippen LogP contribution in [0.5, 0.6) is 11.5 Å². The first-order chi connectivity index (χ1) is 13.5. The topological polar surface area (TPSA) is 106 Å². The Morgan fingerprint density at radius 2 is 1.93 bits per heavy atom. The van der Waals surface area contributed by atoms with E-state index in [1.165, 1.54) is 0 Å². The predicted octanol–water partition coefficient (Wildman–Crippen LogP) is 2.43. The van der Waals surface area contributed by atoms with Crippen LogP contribution in [0.15, 0.2) is 41.5 Å². The Bertz CT molecular complexity index is 984. The number of carbonyl (C=O) groups is 2. The Morgan fingerprint density at radius 1 is 1.25 bits per heavy atom. The van der Waals surface area contributed by atoms with Crippen molar-refractivity contribution in [3.63, 3.8) is 0 Å². The molecule has 0 fully saturated rings. The SMILES string of the molecule is CCNC(=O)N1N=C(c2ccc(N)cc2)c2cc3c(cc2[C@H](C)C1=O)OCO3. The largest absolute Gasteiger partial charge is 0.454 e. The lowest BCUT2D eigenvalue weighted by Gasteiger charge is -2.17. The molecular formula is C20H20N4O4. The van der Waals surface area contributed by atoms with Crippen LogP contribution in [-0.4, -0.2) is 36.0 Å². The summed E-state index contributed by atoms with van der Waals surface area (Å²) in [5, 5.41) is 7.98. The summed E-state index contributed by atoms with van der Waals surface area (Å²) >= 11 is 0. The van der Waals surface area contributed by atoms with Crippen LogP contribution >= 0.6 is 0 Å². The molecule has 28 heavy (non-hydrogen) atoms. The number of imide groups is 1. The van der Waals surface area contributed by atoms with Crippen LogP contribution < -0.4 is 20.5 Å². The summed E-state index contributed by atoms with van der Waals surface area (Å²) < 4.78 is 11.0. The first-order valence-electron chi connectivity index (χ1n) is 8.99. The van der Waals surface area contributed by atoms with Crippen LogP contribution in [0.2, 0.25) is 0 Å². The number of hydrazone groups is 1. The molecule has 0 unspecified atom stereocenters. The number of anilines is 1. The molecule has 4 rings (SSSR count). The third-order valence-corrected chi connectivity index (χ3v) is 4.75. The molecule has 3 amide bonds. The Labute approximate surface area is 161 Å². The van der Waals surface area contributed by atoms with Crippen molar-refractivity contribution in [2.75, 3.05) is 19.1 Å². The molecule has 0 aromatic heterocycles. The minimum Gasteiger partial charge on any atom is -0.454 e. The number of nitrogens with one attached hydrogen (secondary N) is 1. The van der Waals surface area contributed by atoms with Crippen LogP contribution in [0.3, 0.4) is 0 Å². The predicted molar refractivity (Wildman–Crippen MR) is 103 cm³/mol. The second kappa shape index (κ2) is 6.88. The van der Waals surface area contributed by atoms with Crippen LogP contribution in [0.4, 0.5) is 10.5 Å². The van der Waals surface area contributed by atoms with Crippen LogP contribution in [0, 0.1) is 0 Å². The van der Waals surface area contributed by atoms with Crippen molar-refractivity contribution in [2.24, 2.45) is 5.10 Å². The normalized spacial score (nSPS) is 17.6. The number of nitrogens with zero attached hydrogens (tertiary/aromatic N) is 2. The molecule has 2 aliphatic heterocycles.